The van der Waals surface area contributed by atoms with Crippen LogP contribution < -0.4 is 0 Å². The zero-order chi connectivity index (χ0) is 17.6. The first kappa shape index (κ1) is 15.8. The van der Waals surface area contributed by atoms with Gasteiger partial charge in [-0.15, -0.1) is 0 Å². The van der Waals surface area contributed by atoms with Gasteiger partial charge in [-0.05, 0) is 37.0 Å². The van der Waals surface area contributed by atoms with E-state index in [2.05, 4.69) is 30.4 Å². The lowest BCUT2D eigenvalue weighted by atomic mass is 9.90. The Hall–Kier alpha value is -2.39. The standard InChI is InChI=1S/C23H23NO2/c25-21-19-10-4-5-11-20(19)23(15-12-18-8-2-1-3-9-18)24(21)17-16-22(26-23)13-6-7-14-22/h1-5,8-12,15H,6-7,13-14,16-17H2/b15-12+/t23-/m1/s1. The number of hydrogen-bond donors (Lipinski definition) is 0. The van der Waals surface area contributed by atoms with Crippen LogP contribution in [0.1, 0.15) is 53.6 Å². The number of ether oxygens (including phenoxy) is 1. The van der Waals surface area contributed by atoms with Crippen molar-refractivity contribution in [1.82, 2.24) is 4.90 Å². The zero-order valence-electron chi connectivity index (χ0n) is 14.9. The number of amides is 1. The predicted molar refractivity (Wildman–Crippen MR) is 102 cm³/mol. The summed E-state index contributed by atoms with van der Waals surface area (Å²) in [6.07, 6.45) is 9.76. The molecule has 0 unspecified atom stereocenters. The molecule has 132 valence electrons. The van der Waals surface area contributed by atoms with Gasteiger partial charge in [0.15, 0.2) is 5.72 Å². The van der Waals surface area contributed by atoms with E-state index < -0.39 is 5.72 Å². The third-order valence-corrected chi connectivity index (χ3v) is 6.17. The highest BCUT2D eigenvalue weighted by molar-refractivity contribution is 6.00. The van der Waals surface area contributed by atoms with E-state index >= 15 is 0 Å². The van der Waals surface area contributed by atoms with Gasteiger partial charge in [0.05, 0.1) is 5.60 Å². The number of fused-ring (bicyclic) bond motifs is 3. The fraction of sp³-hybridized carbons (Fsp3) is 0.348. The number of carbonyl (C=O) groups excluding carboxylic acids is 1. The molecule has 5 rings (SSSR count). The molecular weight excluding hydrogens is 322 g/mol. The van der Waals surface area contributed by atoms with E-state index in [-0.39, 0.29) is 11.5 Å². The molecule has 1 aliphatic carbocycles. The Labute approximate surface area is 154 Å². The third-order valence-electron chi connectivity index (χ3n) is 6.17. The van der Waals surface area contributed by atoms with E-state index in [9.17, 15) is 4.79 Å². The monoisotopic (exact) mass is 345 g/mol. The van der Waals surface area contributed by atoms with Gasteiger partial charge < -0.3 is 9.64 Å². The first-order chi connectivity index (χ1) is 12.7. The Bertz CT molecular complexity index is 867. The van der Waals surface area contributed by atoms with Gasteiger partial charge in [-0.25, -0.2) is 0 Å². The molecule has 2 aromatic rings. The van der Waals surface area contributed by atoms with Gasteiger partial charge in [0.2, 0.25) is 0 Å². The predicted octanol–water partition coefficient (Wildman–Crippen LogP) is 4.74. The van der Waals surface area contributed by atoms with Gasteiger partial charge in [-0.1, -0.05) is 67.4 Å². The van der Waals surface area contributed by atoms with Crippen molar-refractivity contribution in [3.05, 3.63) is 77.4 Å². The molecule has 26 heavy (non-hydrogen) atoms. The summed E-state index contributed by atoms with van der Waals surface area (Å²) >= 11 is 0. The van der Waals surface area contributed by atoms with Crippen LogP contribution in [-0.2, 0) is 10.5 Å². The molecular formula is C23H23NO2. The van der Waals surface area contributed by atoms with E-state index in [0.717, 1.165) is 42.5 Å². The first-order valence-corrected chi connectivity index (χ1v) is 9.59. The highest BCUT2D eigenvalue weighted by Crippen LogP contribution is 2.52. The molecule has 3 heteroatoms. The Morgan fingerprint density at radius 2 is 1.65 bits per heavy atom. The number of carbonyl (C=O) groups is 1. The lowest BCUT2D eigenvalue weighted by Crippen LogP contribution is -2.56. The molecule has 1 spiro atoms. The average molecular weight is 345 g/mol. The Kier molecular flexibility index (Phi) is 3.54. The number of benzene rings is 2. The van der Waals surface area contributed by atoms with E-state index in [1.54, 1.807) is 0 Å². The second-order valence-corrected chi connectivity index (χ2v) is 7.69. The van der Waals surface area contributed by atoms with Crippen molar-refractivity contribution in [3.8, 4) is 0 Å². The van der Waals surface area contributed by atoms with Crippen LogP contribution in [-0.4, -0.2) is 23.0 Å². The van der Waals surface area contributed by atoms with Crippen molar-refractivity contribution in [2.75, 3.05) is 6.54 Å². The van der Waals surface area contributed by atoms with E-state index in [4.69, 9.17) is 4.74 Å². The maximum atomic E-state index is 13.1. The highest BCUT2D eigenvalue weighted by atomic mass is 16.5. The second-order valence-electron chi connectivity index (χ2n) is 7.69. The summed E-state index contributed by atoms with van der Waals surface area (Å²) in [6, 6.07) is 18.2. The maximum Gasteiger partial charge on any atom is 0.257 e. The van der Waals surface area contributed by atoms with Crippen molar-refractivity contribution in [2.45, 2.75) is 43.4 Å². The largest absolute Gasteiger partial charge is 0.341 e. The van der Waals surface area contributed by atoms with Crippen molar-refractivity contribution in [2.24, 2.45) is 0 Å². The molecule has 3 nitrogen and oxygen atoms in total. The van der Waals surface area contributed by atoms with E-state index in [0.29, 0.717) is 0 Å². The molecule has 0 aromatic heterocycles. The summed E-state index contributed by atoms with van der Waals surface area (Å²) in [5, 5.41) is 0. The normalized spacial score (nSPS) is 26.5. The minimum absolute atomic E-state index is 0.0880. The SMILES string of the molecule is O=C1c2ccccc2[C@@]2(/C=C/c3ccccc3)OC3(CCCC3)CCN12. The van der Waals surface area contributed by atoms with Gasteiger partial charge in [0.25, 0.3) is 5.91 Å². The van der Waals surface area contributed by atoms with Crippen LogP contribution in [0.3, 0.4) is 0 Å². The third kappa shape index (κ3) is 2.27. The number of nitrogens with zero attached hydrogens (tertiary/aromatic N) is 1. The second kappa shape index (κ2) is 5.82. The van der Waals surface area contributed by atoms with Gasteiger partial charge in [-0.3, -0.25) is 4.79 Å². The molecule has 0 N–H and O–H groups in total. The van der Waals surface area contributed by atoms with E-state index in [1.807, 2.05) is 41.3 Å². The molecule has 1 saturated heterocycles. The van der Waals surface area contributed by atoms with Crippen LogP contribution >= 0.6 is 0 Å². The molecule has 1 atom stereocenters. The minimum Gasteiger partial charge on any atom is -0.341 e. The van der Waals surface area contributed by atoms with Crippen LogP contribution in [0.25, 0.3) is 6.08 Å². The summed E-state index contributed by atoms with van der Waals surface area (Å²) in [5.74, 6) is 0.0890. The minimum atomic E-state index is -0.772. The average Bonchev–Trinajstić information content (AvgIpc) is 3.23. The smallest absolute Gasteiger partial charge is 0.257 e. The van der Waals surface area contributed by atoms with Crippen LogP contribution in [0.4, 0.5) is 0 Å². The maximum absolute atomic E-state index is 13.1. The Morgan fingerprint density at radius 3 is 2.46 bits per heavy atom. The van der Waals surface area contributed by atoms with Gasteiger partial charge in [0.1, 0.15) is 0 Å². The van der Waals surface area contributed by atoms with Crippen LogP contribution in [0.15, 0.2) is 60.7 Å². The molecule has 1 saturated carbocycles. The van der Waals surface area contributed by atoms with Gasteiger partial charge >= 0.3 is 0 Å². The summed E-state index contributed by atoms with van der Waals surface area (Å²) in [6.45, 7) is 0.757. The Balaban J connectivity index is 1.64. The number of hydrogen-bond acceptors (Lipinski definition) is 2. The molecule has 0 radical (unpaired) electrons. The first-order valence-electron chi connectivity index (χ1n) is 9.59. The lowest BCUT2D eigenvalue weighted by Gasteiger charge is -2.49. The molecule has 2 aromatic carbocycles. The number of rotatable bonds is 2. The summed E-state index contributed by atoms with van der Waals surface area (Å²) in [7, 11) is 0. The molecule has 2 aliphatic heterocycles. The summed E-state index contributed by atoms with van der Waals surface area (Å²) in [5.41, 5.74) is 2.03. The van der Waals surface area contributed by atoms with Gasteiger partial charge in [0, 0.05) is 17.7 Å². The topological polar surface area (TPSA) is 29.5 Å². The zero-order valence-corrected chi connectivity index (χ0v) is 14.9. The quantitative estimate of drug-likeness (QED) is 0.787. The van der Waals surface area contributed by atoms with Crippen LogP contribution in [0.5, 0.6) is 0 Å². The lowest BCUT2D eigenvalue weighted by molar-refractivity contribution is -0.223. The molecule has 2 fully saturated rings. The summed E-state index contributed by atoms with van der Waals surface area (Å²) < 4.78 is 6.88. The van der Waals surface area contributed by atoms with E-state index in [1.165, 1.54) is 12.8 Å². The van der Waals surface area contributed by atoms with Crippen molar-refractivity contribution in [1.29, 1.82) is 0 Å². The highest BCUT2D eigenvalue weighted by Gasteiger charge is 2.57. The fourth-order valence-electron chi connectivity index (χ4n) is 4.86. The van der Waals surface area contributed by atoms with Crippen molar-refractivity contribution >= 4 is 12.0 Å². The Morgan fingerprint density at radius 1 is 0.923 bits per heavy atom. The van der Waals surface area contributed by atoms with Crippen molar-refractivity contribution < 1.29 is 9.53 Å². The molecule has 0 bridgehead atoms. The van der Waals surface area contributed by atoms with Gasteiger partial charge in [-0.2, -0.15) is 0 Å². The summed E-state index contributed by atoms with van der Waals surface area (Å²) in [4.78, 5) is 15.0. The molecule has 3 aliphatic rings. The van der Waals surface area contributed by atoms with Crippen LogP contribution in [0.2, 0.25) is 0 Å². The molecule has 1 amide bonds. The fourth-order valence-corrected chi connectivity index (χ4v) is 4.86. The van der Waals surface area contributed by atoms with Crippen molar-refractivity contribution in [3.63, 3.8) is 0 Å². The molecule has 2 heterocycles. The van der Waals surface area contributed by atoms with Crippen LogP contribution in [0, 0.1) is 0 Å².